The van der Waals surface area contributed by atoms with Crippen molar-refractivity contribution in [1.29, 1.82) is 0 Å². The van der Waals surface area contributed by atoms with Crippen LogP contribution >= 0.6 is 0 Å². The maximum atomic E-state index is 13.1. The maximum Gasteiger partial charge on any atom is 0.252 e. The minimum absolute atomic E-state index is 0.0730. The fourth-order valence-electron chi connectivity index (χ4n) is 4.52. The standard InChI is InChI=1S/C28H36N6O2/c1-7-25(26-30-31-32-34(26)28(4,5)8-2)33(17-20-10-13-23(36-6)14-11-20)18-22-16-21-12-9-19(3)15-24(21)29-27(22)35/h9-16,25H,7-8,17-18H2,1-6H3,(H,29,35)/t25-/m1/s1. The molecular formula is C28H36N6O2. The number of methoxy groups -OCH3 is 1. The van der Waals surface area contributed by atoms with Gasteiger partial charge in [0.15, 0.2) is 5.82 Å². The van der Waals surface area contributed by atoms with E-state index in [0.29, 0.717) is 18.7 Å². The molecule has 0 aliphatic rings. The van der Waals surface area contributed by atoms with E-state index in [0.717, 1.165) is 46.4 Å². The van der Waals surface area contributed by atoms with Crippen LogP contribution in [0.5, 0.6) is 5.75 Å². The van der Waals surface area contributed by atoms with Gasteiger partial charge in [-0.3, -0.25) is 9.69 Å². The van der Waals surface area contributed by atoms with Gasteiger partial charge >= 0.3 is 0 Å². The highest BCUT2D eigenvalue weighted by Gasteiger charge is 2.31. The SMILES string of the molecule is CC[C@H](c1nnnn1C(C)(C)CC)N(Cc1ccc(OC)cc1)Cc1cc2ccc(C)cc2[nH]c1=O. The summed E-state index contributed by atoms with van der Waals surface area (Å²) in [5, 5.41) is 13.9. The summed E-state index contributed by atoms with van der Waals surface area (Å²) in [5.74, 6) is 1.62. The van der Waals surface area contributed by atoms with Crippen LogP contribution in [0.2, 0.25) is 0 Å². The molecule has 0 aliphatic heterocycles. The van der Waals surface area contributed by atoms with Crippen LogP contribution in [0.1, 0.15) is 69.1 Å². The Kier molecular flexibility index (Phi) is 7.54. The third-order valence-corrected chi connectivity index (χ3v) is 7.05. The summed E-state index contributed by atoms with van der Waals surface area (Å²) in [5.41, 5.74) is 3.50. The van der Waals surface area contributed by atoms with Crippen molar-refractivity contribution in [3.05, 3.63) is 81.4 Å². The zero-order valence-electron chi connectivity index (χ0n) is 22.1. The first kappa shape index (κ1) is 25.6. The van der Waals surface area contributed by atoms with Crippen LogP contribution in [0.25, 0.3) is 10.9 Å². The van der Waals surface area contributed by atoms with Crippen LogP contribution in [0, 0.1) is 6.92 Å². The van der Waals surface area contributed by atoms with E-state index in [-0.39, 0.29) is 17.1 Å². The van der Waals surface area contributed by atoms with Gasteiger partial charge in [0.05, 0.1) is 18.7 Å². The van der Waals surface area contributed by atoms with Crippen LogP contribution < -0.4 is 10.3 Å². The molecule has 2 aromatic carbocycles. The van der Waals surface area contributed by atoms with Gasteiger partial charge in [-0.25, -0.2) is 4.68 Å². The molecule has 8 heteroatoms. The smallest absolute Gasteiger partial charge is 0.252 e. The number of pyridine rings is 1. The number of nitrogens with one attached hydrogen (secondary N) is 1. The maximum absolute atomic E-state index is 13.1. The molecule has 2 aromatic heterocycles. The molecule has 0 saturated carbocycles. The van der Waals surface area contributed by atoms with Crippen molar-refractivity contribution in [1.82, 2.24) is 30.1 Å². The van der Waals surface area contributed by atoms with Gasteiger partial charge in [-0.05, 0) is 84.8 Å². The molecule has 190 valence electrons. The van der Waals surface area contributed by atoms with Crippen molar-refractivity contribution in [3.8, 4) is 5.75 Å². The second-order valence-corrected chi connectivity index (χ2v) is 10.0. The number of fused-ring (bicyclic) bond motifs is 1. The molecular weight excluding hydrogens is 452 g/mol. The van der Waals surface area contributed by atoms with E-state index in [1.165, 1.54) is 0 Å². The topological polar surface area (TPSA) is 88.9 Å². The Balaban J connectivity index is 1.76. The zero-order valence-corrected chi connectivity index (χ0v) is 22.1. The number of H-pyrrole nitrogens is 1. The Morgan fingerprint density at radius 3 is 2.50 bits per heavy atom. The van der Waals surface area contributed by atoms with Crippen molar-refractivity contribution in [2.45, 2.75) is 72.1 Å². The molecule has 1 N–H and O–H groups in total. The summed E-state index contributed by atoms with van der Waals surface area (Å²) < 4.78 is 7.28. The first-order valence-corrected chi connectivity index (χ1v) is 12.5. The van der Waals surface area contributed by atoms with E-state index < -0.39 is 0 Å². The number of ether oxygens (including phenoxy) is 1. The van der Waals surface area contributed by atoms with Gasteiger partial charge in [-0.2, -0.15) is 0 Å². The van der Waals surface area contributed by atoms with Crippen LogP contribution in [-0.4, -0.2) is 37.2 Å². The number of aromatic amines is 1. The average molecular weight is 489 g/mol. The summed E-state index contributed by atoms with van der Waals surface area (Å²) in [6.07, 6.45) is 1.69. The molecule has 36 heavy (non-hydrogen) atoms. The molecule has 0 amide bonds. The fraction of sp³-hybridized carbons (Fsp3) is 0.429. The number of aromatic nitrogens is 5. The third-order valence-electron chi connectivity index (χ3n) is 7.05. The predicted octanol–water partition coefficient (Wildman–Crippen LogP) is 5.13. The van der Waals surface area contributed by atoms with E-state index >= 15 is 0 Å². The minimum Gasteiger partial charge on any atom is -0.497 e. The number of benzene rings is 2. The van der Waals surface area contributed by atoms with Gasteiger partial charge in [0.25, 0.3) is 5.56 Å². The minimum atomic E-state index is -0.226. The Hall–Kier alpha value is -3.52. The number of hydrogen-bond donors (Lipinski definition) is 1. The molecule has 2 heterocycles. The highest BCUT2D eigenvalue weighted by atomic mass is 16.5. The van der Waals surface area contributed by atoms with Gasteiger partial charge in [0.2, 0.25) is 0 Å². The quantitative estimate of drug-likeness (QED) is 0.333. The molecule has 0 spiro atoms. The molecule has 0 fully saturated rings. The highest BCUT2D eigenvalue weighted by Crippen LogP contribution is 2.30. The lowest BCUT2D eigenvalue weighted by Gasteiger charge is -2.33. The lowest BCUT2D eigenvalue weighted by molar-refractivity contribution is 0.150. The Bertz CT molecular complexity index is 1370. The third kappa shape index (κ3) is 5.33. The van der Waals surface area contributed by atoms with Crippen LogP contribution in [0.3, 0.4) is 0 Å². The summed E-state index contributed by atoms with van der Waals surface area (Å²) in [4.78, 5) is 18.5. The van der Waals surface area contributed by atoms with E-state index in [9.17, 15) is 4.79 Å². The van der Waals surface area contributed by atoms with Gasteiger partial charge in [-0.15, -0.1) is 5.10 Å². The van der Waals surface area contributed by atoms with Crippen molar-refractivity contribution >= 4 is 10.9 Å². The number of rotatable bonds is 10. The summed E-state index contributed by atoms with van der Waals surface area (Å²) in [6.45, 7) is 11.7. The van der Waals surface area contributed by atoms with Crippen molar-refractivity contribution in [3.63, 3.8) is 0 Å². The van der Waals surface area contributed by atoms with Crippen LogP contribution in [0.15, 0.2) is 53.3 Å². The fourth-order valence-corrected chi connectivity index (χ4v) is 4.52. The zero-order chi connectivity index (χ0) is 25.9. The van der Waals surface area contributed by atoms with E-state index in [1.807, 2.05) is 35.9 Å². The number of hydrogen-bond acceptors (Lipinski definition) is 6. The molecule has 0 unspecified atom stereocenters. The van der Waals surface area contributed by atoms with Crippen molar-refractivity contribution in [2.24, 2.45) is 0 Å². The van der Waals surface area contributed by atoms with Gasteiger partial charge in [-0.1, -0.05) is 38.1 Å². The van der Waals surface area contributed by atoms with E-state index in [2.05, 4.69) is 77.4 Å². The van der Waals surface area contributed by atoms with Crippen molar-refractivity contribution < 1.29 is 4.74 Å². The molecule has 1 atom stereocenters. The second-order valence-electron chi connectivity index (χ2n) is 10.0. The molecule has 4 rings (SSSR count). The Morgan fingerprint density at radius 1 is 1.08 bits per heavy atom. The monoisotopic (exact) mass is 488 g/mol. The largest absolute Gasteiger partial charge is 0.497 e. The normalized spacial score (nSPS) is 12.9. The van der Waals surface area contributed by atoms with E-state index in [1.54, 1.807) is 7.11 Å². The highest BCUT2D eigenvalue weighted by molar-refractivity contribution is 5.79. The van der Waals surface area contributed by atoms with E-state index in [4.69, 9.17) is 4.74 Å². The van der Waals surface area contributed by atoms with Crippen LogP contribution in [-0.2, 0) is 18.6 Å². The number of nitrogens with zero attached hydrogens (tertiary/aromatic N) is 5. The summed E-state index contributed by atoms with van der Waals surface area (Å²) in [7, 11) is 1.66. The molecule has 0 aliphatic carbocycles. The first-order chi connectivity index (χ1) is 17.2. The first-order valence-electron chi connectivity index (χ1n) is 12.5. The molecule has 4 aromatic rings. The average Bonchev–Trinajstić information content (AvgIpc) is 3.36. The Morgan fingerprint density at radius 2 is 1.83 bits per heavy atom. The second kappa shape index (κ2) is 10.6. The molecule has 0 radical (unpaired) electrons. The molecule has 0 bridgehead atoms. The molecule has 0 saturated heterocycles. The van der Waals surface area contributed by atoms with Gasteiger partial charge < -0.3 is 9.72 Å². The van der Waals surface area contributed by atoms with Gasteiger partial charge in [0.1, 0.15) is 5.75 Å². The lowest BCUT2D eigenvalue weighted by atomic mass is 10.0. The summed E-state index contributed by atoms with van der Waals surface area (Å²) in [6, 6.07) is 16.1. The number of aryl methyl sites for hydroxylation is 1. The summed E-state index contributed by atoms with van der Waals surface area (Å²) >= 11 is 0. The Labute approximate surface area is 212 Å². The van der Waals surface area contributed by atoms with Crippen molar-refractivity contribution in [2.75, 3.05) is 7.11 Å². The predicted molar refractivity (Wildman–Crippen MR) is 142 cm³/mol. The lowest BCUT2D eigenvalue weighted by Crippen LogP contribution is -2.36. The number of tetrazole rings is 1. The molecule has 8 nitrogen and oxygen atoms in total. The van der Waals surface area contributed by atoms with Crippen LogP contribution in [0.4, 0.5) is 0 Å². The van der Waals surface area contributed by atoms with Gasteiger partial charge in [0, 0.05) is 24.2 Å².